The first-order chi connectivity index (χ1) is 10.6. The van der Waals surface area contributed by atoms with Crippen molar-refractivity contribution < 1.29 is 14.3 Å². The maximum Gasteiger partial charge on any atom is 0.237 e. The van der Waals surface area contributed by atoms with Crippen LogP contribution in [0.25, 0.3) is 0 Å². The van der Waals surface area contributed by atoms with Crippen LogP contribution in [0.5, 0.6) is 0 Å². The van der Waals surface area contributed by atoms with Gasteiger partial charge in [0.15, 0.2) is 0 Å². The minimum atomic E-state index is -1.02. The average molecular weight is 308 g/mol. The number of aliphatic hydroxyl groups excluding tert-OH is 1. The number of amides is 1. The number of rotatable bonds is 6. The second-order valence-corrected chi connectivity index (χ2v) is 5.83. The standard InChI is InChI=1S/C17H25FN2O2/c1-2-10-20-11-6-5-9-15(20)17(22)19-12-16(21)13-7-3-4-8-14(13)18/h3-4,7-8,15-16,21H,2,5-6,9-12H2,1H3,(H,19,22). The lowest BCUT2D eigenvalue weighted by molar-refractivity contribution is -0.128. The van der Waals surface area contributed by atoms with E-state index in [0.29, 0.717) is 0 Å². The van der Waals surface area contributed by atoms with E-state index in [1.807, 2.05) is 0 Å². The van der Waals surface area contributed by atoms with Gasteiger partial charge in [-0.3, -0.25) is 9.69 Å². The third kappa shape index (κ3) is 4.27. The summed E-state index contributed by atoms with van der Waals surface area (Å²) in [6.07, 6.45) is 3.02. The molecule has 0 aliphatic carbocycles. The number of benzene rings is 1. The van der Waals surface area contributed by atoms with Gasteiger partial charge in [-0.1, -0.05) is 31.5 Å². The van der Waals surface area contributed by atoms with Crippen LogP contribution in [0.4, 0.5) is 4.39 Å². The van der Waals surface area contributed by atoms with Crippen molar-refractivity contribution in [3.05, 3.63) is 35.6 Å². The van der Waals surface area contributed by atoms with Gasteiger partial charge in [-0.05, 0) is 38.4 Å². The molecule has 1 aliphatic heterocycles. The Kier molecular flexibility index (Phi) is 6.34. The van der Waals surface area contributed by atoms with Crippen molar-refractivity contribution in [2.75, 3.05) is 19.6 Å². The highest BCUT2D eigenvalue weighted by molar-refractivity contribution is 5.81. The van der Waals surface area contributed by atoms with Crippen molar-refractivity contribution in [2.24, 2.45) is 0 Å². The quantitative estimate of drug-likeness (QED) is 0.847. The summed E-state index contributed by atoms with van der Waals surface area (Å²) in [7, 11) is 0. The molecule has 1 heterocycles. The third-order valence-electron chi connectivity index (χ3n) is 4.16. The number of carbonyl (C=O) groups excluding carboxylic acids is 1. The molecule has 22 heavy (non-hydrogen) atoms. The van der Waals surface area contributed by atoms with Crippen LogP contribution in [0.15, 0.2) is 24.3 Å². The number of hydrogen-bond acceptors (Lipinski definition) is 3. The molecule has 1 aliphatic rings. The molecule has 5 heteroatoms. The molecule has 1 fully saturated rings. The average Bonchev–Trinajstić information content (AvgIpc) is 2.53. The van der Waals surface area contributed by atoms with Crippen LogP contribution in [0, 0.1) is 5.82 Å². The number of likely N-dealkylation sites (tertiary alicyclic amines) is 1. The van der Waals surface area contributed by atoms with Crippen LogP contribution >= 0.6 is 0 Å². The number of carbonyl (C=O) groups is 1. The first-order valence-electron chi connectivity index (χ1n) is 8.07. The Balaban J connectivity index is 1.90. The van der Waals surface area contributed by atoms with Gasteiger partial charge in [-0.2, -0.15) is 0 Å². The topological polar surface area (TPSA) is 52.6 Å². The number of piperidine rings is 1. The molecule has 2 N–H and O–H groups in total. The van der Waals surface area contributed by atoms with E-state index in [9.17, 15) is 14.3 Å². The van der Waals surface area contributed by atoms with E-state index in [1.165, 1.54) is 12.1 Å². The molecule has 2 unspecified atom stereocenters. The Hall–Kier alpha value is -1.46. The smallest absolute Gasteiger partial charge is 0.237 e. The molecule has 0 bridgehead atoms. The molecule has 2 rings (SSSR count). The molecule has 0 aromatic heterocycles. The molecular weight excluding hydrogens is 283 g/mol. The normalized spacial score (nSPS) is 20.6. The predicted octanol–water partition coefficient (Wildman–Crippen LogP) is 2.24. The van der Waals surface area contributed by atoms with E-state index < -0.39 is 11.9 Å². The first kappa shape index (κ1) is 16.9. The molecule has 1 aromatic carbocycles. The molecule has 2 atom stereocenters. The maximum absolute atomic E-state index is 13.6. The summed E-state index contributed by atoms with van der Waals surface area (Å²) in [4.78, 5) is 14.5. The summed E-state index contributed by atoms with van der Waals surface area (Å²) in [6.45, 7) is 4.00. The highest BCUT2D eigenvalue weighted by Crippen LogP contribution is 2.19. The van der Waals surface area contributed by atoms with Gasteiger partial charge in [0.25, 0.3) is 0 Å². The summed E-state index contributed by atoms with van der Waals surface area (Å²) < 4.78 is 13.6. The highest BCUT2D eigenvalue weighted by atomic mass is 19.1. The van der Waals surface area contributed by atoms with Crippen LogP contribution in [0.2, 0.25) is 0 Å². The lowest BCUT2D eigenvalue weighted by Gasteiger charge is -2.34. The predicted molar refractivity (Wildman–Crippen MR) is 83.9 cm³/mol. The maximum atomic E-state index is 13.6. The van der Waals surface area contributed by atoms with Crippen LogP contribution in [0.3, 0.4) is 0 Å². The number of halogens is 1. The highest BCUT2D eigenvalue weighted by Gasteiger charge is 2.28. The molecule has 1 saturated heterocycles. The van der Waals surface area contributed by atoms with Crippen LogP contribution in [0.1, 0.15) is 44.3 Å². The van der Waals surface area contributed by atoms with Gasteiger partial charge in [-0.15, -0.1) is 0 Å². The Morgan fingerprint density at radius 1 is 1.45 bits per heavy atom. The lowest BCUT2D eigenvalue weighted by atomic mass is 10.0. The largest absolute Gasteiger partial charge is 0.386 e. The van der Waals surface area contributed by atoms with E-state index >= 15 is 0 Å². The molecule has 1 amide bonds. The molecule has 1 aromatic rings. The minimum absolute atomic E-state index is 0.0379. The van der Waals surface area contributed by atoms with Crippen molar-refractivity contribution >= 4 is 5.91 Å². The van der Waals surface area contributed by atoms with Gasteiger partial charge in [0.05, 0.1) is 12.1 Å². The number of nitrogens with zero attached hydrogens (tertiary/aromatic N) is 1. The van der Waals surface area contributed by atoms with Crippen molar-refractivity contribution in [2.45, 2.75) is 44.8 Å². The van der Waals surface area contributed by atoms with E-state index in [-0.39, 0.29) is 24.1 Å². The Labute approximate surface area is 131 Å². The molecular formula is C17H25FN2O2. The van der Waals surface area contributed by atoms with Crippen LogP contribution in [-0.4, -0.2) is 41.6 Å². The van der Waals surface area contributed by atoms with Crippen molar-refractivity contribution in [3.63, 3.8) is 0 Å². The fourth-order valence-electron chi connectivity index (χ4n) is 3.01. The van der Waals surface area contributed by atoms with E-state index in [4.69, 9.17) is 0 Å². The van der Waals surface area contributed by atoms with Crippen molar-refractivity contribution in [1.29, 1.82) is 0 Å². The fraction of sp³-hybridized carbons (Fsp3) is 0.588. The molecule has 0 radical (unpaired) electrons. The zero-order chi connectivity index (χ0) is 15.9. The number of hydrogen-bond donors (Lipinski definition) is 2. The molecule has 0 spiro atoms. The Morgan fingerprint density at radius 3 is 2.95 bits per heavy atom. The second kappa shape index (κ2) is 8.25. The van der Waals surface area contributed by atoms with Crippen molar-refractivity contribution in [1.82, 2.24) is 10.2 Å². The van der Waals surface area contributed by atoms with E-state index in [0.717, 1.165) is 38.8 Å². The zero-order valence-corrected chi connectivity index (χ0v) is 13.1. The van der Waals surface area contributed by atoms with E-state index in [2.05, 4.69) is 17.1 Å². The molecule has 122 valence electrons. The monoisotopic (exact) mass is 308 g/mol. The summed E-state index contributed by atoms with van der Waals surface area (Å²) in [5, 5.41) is 12.8. The van der Waals surface area contributed by atoms with Gasteiger partial charge in [-0.25, -0.2) is 4.39 Å². The zero-order valence-electron chi connectivity index (χ0n) is 13.1. The van der Waals surface area contributed by atoms with E-state index in [1.54, 1.807) is 12.1 Å². The first-order valence-corrected chi connectivity index (χ1v) is 8.07. The summed E-state index contributed by atoms with van der Waals surface area (Å²) in [5.74, 6) is -0.516. The Morgan fingerprint density at radius 2 is 2.23 bits per heavy atom. The van der Waals surface area contributed by atoms with Gasteiger partial charge in [0, 0.05) is 12.1 Å². The van der Waals surface area contributed by atoms with Gasteiger partial charge >= 0.3 is 0 Å². The fourth-order valence-corrected chi connectivity index (χ4v) is 3.01. The van der Waals surface area contributed by atoms with Crippen LogP contribution < -0.4 is 5.32 Å². The summed E-state index contributed by atoms with van der Waals surface area (Å²) >= 11 is 0. The van der Waals surface area contributed by atoms with Gasteiger partial charge < -0.3 is 10.4 Å². The third-order valence-corrected chi connectivity index (χ3v) is 4.16. The Bertz CT molecular complexity index is 493. The summed E-state index contributed by atoms with van der Waals surface area (Å²) in [5.41, 5.74) is 0.219. The van der Waals surface area contributed by atoms with Crippen LogP contribution in [-0.2, 0) is 4.79 Å². The van der Waals surface area contributed by atoms with Crippen molar-refractivity contribution in [3.8, 4) is 0 Å². The lowest BCUT2D eigenvalue weighted by Crippen LogP contribution is -2.50. The van der Waals surface area contributed by atoms with Gasteiger partial charge in [0.2, 0.25) is 5.91 Å². The molecule has 0 saturated carbocycles. The number of aliphatic hydroxyl groups is 1. The molecule has 4 nitrogen and oxygen atoms in total. The SMILES string of the molecule is CCCN1CCCCC1C(=O)NCC(O)c1ccccc1F. The minimum Gasteiger partial charge on any atom is -0.386 e. The summed E-state index contributed by atoms with van der Waals surface area (Å²) in [6, 6.07) is 5.98. The van der Waals surface area contributed by atoms with Gasteiger partial charge in [0.1, 0.15) is 5.82 Å². The number of nitrogens with one attached hydrogen (secondary N) is 1. The second-order valence-electron chi connectivity index (χ2n) is 5.83.